The minimum atomic E-state index is -1.52. The first-order valence-corrected chi connectivity index (χ1v) is 14.2. The third kappa shape index (κ3) is 3.18. The fourth-order valence-corrected chi connectivity index (χ4v) is 9.05. The molecule has 0 radical (unpaired) electrons. The fraction of sp³-hybridized carbons (Fsp3) is 0.667. The maximum absolute atomic E-state index is 13.8. The Balaban J connectivity index is 1.31. The minimum absolute atomic E-state index is 0.0168. The zero-order valence-corrected chi connectivity index (χ0v) is 21.9. The summed E-state index contributed by atoms with van der Waals surface area (Å²) >= 11 is 1.48. The van der Waals surface area contributed by atoms with Crippen molar-refractivity contribution >= 4 is 34.5 Å². The van der Waals surface area contributed by atoms with Gasteiger partial charge in [-0.2, -0.15) is 0 Å². The zero-order chi connectivity index (χ0) is 25.5. The maximum Gasteiger partial charge on any atom is 0.184 e. The average molecular weight is 511 g/mol. The van der Waals surface area contributed by atoms with Gasteiger partial charge in [-0.25, -0.2) is 15.0 Å². The first-order valence-electron chi connectivity index (χ1n) is 13.0. The SMILES string of the molecule is CSc1ncnc2c1ncn2CC(=O)[C@@]1(O)CC[C@H]2[C@@H]3CCC4=CC(=O)CC[C@]4(C)[C@H]3[C@H](O)C[C@@]21C. The number of thioether (sulfide) groups is 1. The summed E-state index contributed by atoms with van der Waals surface area (Å²) in [4.78, 5) is 38.9. The van der Waals surface area contributed by atoms with Crippen LogP contribution in [0.5, 0.6) is 0 Å². The van der Waals surface area contributed by atoms with Gasteiger partial charge < -0.3 is 14.8 Å². The summed E-state index contributed by atoms with van der Waals surface area (Å²) in [5, 5.41) is 24.4. The van der Waals surface area contributed by atoms with Gasteiger partial charge in [0.15, 0.2) is 17.2 Å². The normalized spacial score (nSPS) is 39.9. The number of hydrogen-bond donors (Lipinski definition) is 2. The number of ketones is 2. The van der Waals surface area contributed by atoms with Crippen molar-refractivity contribution in [3.63, 3.8) is 0 Å². The van der Waals surface area contributed by atoms with Crippen molar-refractivity contribution < 1.29 is 19.8 Å². The van der Waals surface area contributed by atoms with Gasteiger partial charge in [-0.3, -0.25) is 9.59 Å². The predicted octanol–water partition coefficient (Wildman–Crippen LogP) is 3.35. The molecule has 0 aromatic carbocycles. The van der Waals surface area contributed by atoms with Crippen LogP contribution in [-0.4, -0.2) is 59.3 Å². The highest BCUT2D eigenvalue weighted by atomic mass is 32.2. The predicted molar refractivity (Wildman–Crippen MR) is 135 cm³/mol. The largest absolute Gasteiger partial charge is 0.393 e. The molecule has 2 heterocycles. The van der Waals surface area contributed by atoms with Crippen LogP contribution in [0.25, 0.3) is 11.2 Å². The van der Waals surface area contributed by atoms with Gasteiger partial charge in [0, 0.05) is 11.8 Å². The molecule has 0 amide bonds. The summed E-state index contributed by atoms with van der Waals surface area (Å²) in [6.07, 6.45) is 10.8. The van der Waals surface area contributed by atoms with E-state index in [4.69, 9.17) is 0 Å². The number of carbonyl (C=O) groups is 2. The Morgan fingerprint density at radius 2 is 2.00 bits per heavy atom. The smallest absolute Gasteiger partial charge is 0.184 e. The molecule has 8 nitrogen and oxygen atoms in total. The summed E-state index contributed by atoms with van der Waals surface area (Å²) in [5.74, 6) is 0.384. The van der Waals surface area contributed by atoms with Crippen molar-refractivity contribution in [2.24, 2.45) is 28.6 Å². The lowest BCUT2D eigenvalue weighted by molar-refractivity contribution is -0.181. The number of fused-ring (bicyclic) bond motifs is 6. The molecule has 4 aliphatic rings. The van der Waals surface area contributed by atoms with E-state index in [0.29, 0.717) is 30.4 Å². The number of rotatable bonds is 4. The van der Waals surface area contributed by atoms with E-state index < -0.39 is 17.1 Å². The maximum atomic E-state index is 13.8. The summed E-state index contributed by atoms with van der Waals surface area (Å²) in [6, 6.07) is 0. The Labute approximate surface area is 215 Å². The molecule has 3 fully saturated rings. The monoisotopic (exact) mass is 510 g/mol. The van der Waals surface area contributed by atoms with Gasteiger partial charge in [0.1, 0.15) is 22.5 Å². The van der Waals surface area contributed by atoms with Gasteiger partial charge in [0.05, 0.1) is 19.0 Å². The number of aliphatic hydroxyl groups is 2. The van der Waals surface area contributed by atoms with Crippen molar-refractivity contribution in [3.05, 3.63) is 24.3 Å². The van der Waals surface area contributed by atoms with Gasteiger partial charge in [-0.05, 0) is 74.0 Å². The summed E-state index contributed by atoms with van der Waals surface area (Å²) in [7, 11) is 0. The molecule has 0 saturated heterocycles. The summed E-state index contributed by atoms with van der Waals surface area (Å²) < 4.78 is 1.70. The highest BCUT2D eigenvalue weighted by Crippen LogP contribution is 2.67. The number of imidazole rings is 1. The van der Waals surface area contributed by atoms with E-state index in [1.54, 1.807) is 10.9 Å². The molecule has 0 aliphatic heterocycles. The first-order chi connectivity index (χ1) is 17.1. The van der Waals surface area contributed by atoms with Crippen LogP contribution in [0.2, 0.25) is 0 Å². The van der Waals surface area contributed by atoms with Crippen molar-refractivity contribution in [3.8, 4) is 0 Å². The van der Waals surface area contributed by atoms with Gasteiger partial charge >= 0.3 is 0 Å². The van der Waals surface area contributed by atoms with Crippen LogP contribution in [0.4, 0.5) is 0 Å². The van der Waals surface area contributed by atoms with Gasteiger partial charge in [-0.1, -0.05) is 19.4 Å². The van der Waals surface area contributed by atoms with Gasteiger partial charge in [0.2, 0.25) is 0 Å². The molecule has 9 heteroatoms. The van der Waals surface area contributed by atoms with Crippen molar-refractivity contribution in [1.29, 1.82) is 0 Å². The van der Waals surface area contributed by atoms with Crippen LogP contribution in [0, 0.1) is 28.6 Å². The Bertz CT molecular complexity index is 1290. The van der Waals surface area contributed by atoms with Crippen molar-refractivity contribution in [2.45, 2.75) is 82.1 Å². The van der Waals surface area contributed by atoms with E-state index in [2.05, 4.69) is 21.9 Å². The molecule has 0 spiro atoms. The quantitative estimate of drug-likeness (QED) is 0.475. The molecule has 0 unspecified atom stereocenters. The molecule has 2 aromatic rings. The molecule has 192 valence electrons. The van der Waals surface area contributed by atoms with Crippen LogP contribution >= 0.6 is 11.8 Å². The fourth-order valence-electron chi connectivity index (χ4n) is 8.56. The first kappa shape index (κ1) is 24.2. The lowest BCUT2D eigenvalue weighted by Gasteiger charge is -2.60. The summed E-state index contributed by atoms with van der Waals surface area (Å²) in [5.41, 5.74) is 0.0119. The lowest BCUT2D eigenvalue weighted by atomic mass is 9.45. The third-order valence-corrected chi connectivity index (χ3v) is 11.1. The molecule has 2 aromatic heterocycles. The van der Waals surface area contributed by atoms with E-state index in [-0.39, 0.29) is 41.3 Å². The molecule has 0 bridgehead atoms. The number of nitrogens with zero attached hydrogens (tertiary/aromatic N) is 4. The second-order valence-electron chi connectivity index (χ2n) is 11.8. The Morgan fingerprint density at radius 3 is 2.78 bits per heavy atom. The van der Waals surface area contributed by atoms with Crippen molar-refractivity contribution in [1.82, 2.24) is 19.5 Å². The number of aliphatic hydroxyl groups excluding tert-OH is 1. The number of carbonyl (C=O) groups excluding carboxylic acids is 2. The highest BCUT2D eigenvalue weighted by molar-refractivity contribution is 7.98. The van der Waals surface area contributed by atoms with Crippen molar-refractivity contribution in [2.75, 3.05) is 6.26 Å². The van der Waals surface area contributed by atoms with Crippen LogP contribution < -0.4 is 0 Å². The number of allylic oxidation sites excluding steroid dienone is 1. The number of hydrogen-bond acceptors (Lipinski definition) is 8. The molecule has 3 saturated carbocycles. The number of Topliss-reactive ketones (excluding diaryl/α,β-unsaturated/α-hetero) is 1. The molecular formula is C27H34N4O4S. The molecule has 36 heavy (non-hydrogen) atoms. The van der Waals surface area contributed by atoms with Crippen LogP contribution in [-0.2, 0) is 16.1 Å². The molecule has 2 N–H and O–H groups in total. The standard InChI is InChI=1S/C27H34N4O4S/c1-25-8-6-16(32)10-15(25)4-5-17-18-7-9-27(35,26(18,2)11-19(33)21(17)25)20(34)12-31-14-30-22-23(31)28-13-29-24(22)36-3/h10,13-14,17-19,21,33,35H,4-9,11-12H2,1-3H3/t17-,18-,19+,21+,25-,26-,27-/m0/s1. The molecule has 7 atom stereocenters. The Kier molecular flexibility index (Phi) is 5.52. The van der Waals surface area contributed by atoms with Gasteiger partial charge in [0.25, 0.3) is 0 Å². The zero-order valence-electron chi connectivity index (χ0n) is 21.1. The van der Waals surface area contributed by atoms with E-state index in [1.807, 2.05) is 19.3 Å². The topological polar surface area (TPSA) is 118 Å². The summed E-state index contributed by atoms with van der Waals surface area (Å²) in [6.45, 7) is 4.21. The Hall–Kier alpha value is -2.10. The minimum Gasteiger partial charge on any atom is -0.393 e. The van der Waals surface area contributed by atoms with Crippen LogP contribution in [0.1, 0.15) is 58.8 Å². The Morgan fingerprint density at radius 1 is 1.19 bits per heavy atom. The third-order valence-electron chi connectivity index (χ3n) is 10.4. The average Bonchev–Trinajstić information content (AvgIpc) is 3.38. The van der Waals surface area contributed by atoms with Crippen LogP contribution in [0.15, 0.2) is 29.3 Å². The van der Waals surface area contributed by atoms with E-state index >= 15 is 0 Å². The number of aromatic nitrogens is 4. The second-order valence-corrected chi connectivity index (χ2v) is 12.6. The van der Waals surface area contributed by atoms with E-state index in [0.717, 1.165) is 30.7 Å². The lowest BCUT2D eigenvalue weighted by Crippen LogP contribution is -2.62. The second kappa shape index (κ2) is 8.20. The van der Waals surface area contributed by atoms with Gasteiger partial charge in [-0.15, -0.1) is 11.8 Å². The highest BCUT2D eigenvalue weighted by Gasteiger charge is 2.68. The molecule has 6 rings (SSSR count). The molecule has 4 aliphatic carbocycles. The van der Waals surface area contributed by atoms with E-state index in [9.17, 15) is 19.8 Å². The van der Waals surface area contributed by atoms with E-state index in [1.165, 1.54) is 23.7 Å². The van der Waals surface area contributed by atoms with Crippen LogP contribution in [0.3, 0.4) is 0 Å². The molecular weight excluding hydrogens is 476 g/mol.